The molecule has 1 aromatic carbocycles. The second-order valence-electron chi connectivity index (χ2n) is 3.90. The van der Waals surface area contributed by atoms with Gasteiger partial charge in [0, 0.05) is 16.1 Å². The van der Waals surface area contributed by atoms with Crippen molar-refractivity contribution in [1.82, 2.24) is 15.0 Å². The number of nitrogens with zero attached hydrogens (tertiary/aromatic N) is 3. The number of halogens is 2. The molecule has 3 rings (SSSR count). The Kier molecular flexibility index (Phi) is 3.31. The monoisotopic (exact) mass is 334 g/mol. The summed E-state index contributed by atoms with van der Waals surface area (Å²) < 4.78 is 0.974. The zero-order chi connectivity index (χ0) is 13.2. The number of fused-ring (bicyclic) bond motifs is 1. The molecule has 0 aliphatic rings. The lowest BCUT2D eigenvalue weighted by Crippen LogP contribution is -1.96. The fraction of sp³-hybridized carbons (Fsp3) is 0. The van der Waals surface area contributed by atoms with E-state index in [-0.39, 0.29) is 0 Å². The average Bonchev–Trinajstić information content (AvgIpc) is 2.39. The summed E-state index contributed by atoms with van der Waals surface area (Å²) in [7, 11) is 0. The van der Waals surface area contributed by atoms with Gasteiger partial charge in [-0.1, -0.05) is 27.5 Å². The first kappa shape index (κ1) is 12.3. The van der Waals surface area contributed by atoms with Crippen LogP contribution in [0.25, 0.3) is 10.9 Å². The number of benzene rings is 1. The van der Waals surface area contributed by atoms with Gasteiger partial charge < -0.3 is 5.32 Å². The Morgan fingerprint density at radius 2 is 2.00 bits per heavy atom. The van der Waals surface area contributed by atoms with Crippen molar-refractivity contribution < 1.29 is 0 Å². The zero-order valence-electron chi connectivity index (χ0n) is 9.64. The number of hydrogen-bond donors (Lipinski definition) is 1. The van der Waals surface area contributed by atoms with E-state index in [1.54, 1.807) is 18.5 Å². The molecule has 0 spiro atoms. The van der Waals surface area contributed by atoms with Crippen LogP contribution in [-0.2, 0) is 0 Å². The molecule has 6 heteroatoms. The topological polar surface area (TPSA) is 50.7 Å². The fourth-order valence-electron chi connectivity index (χ4n) is 1.75. The smallest absolute Gasteiger partial charge is 0.141 e. The van der Waals surface area contributed by atoms with Crippen LogP contribution in [0.4, 0.5) is 11.5 Å². The molecule has 19 heavy (non-hydrogen) atoms. The van der Waals surface area contributed by atoms with Crippen LogP contribution >= 0.6 is 27.5 Å². The Labute approximate surface area is 123 Å². The number of anilines is 2. The van der Waals surface area contributed by atoms with Gasteiger partial charge in [-0.05, 0) is 24.3 Å². The molecule has 0 unspecified atom stereocenters. The molecule has 0 radical (unpaired) electrons. The molecule has 0 amide bonds. The summed E-state index contributed by atoms with van der Waals surface area (Å²) in [6.45, 7) is 0. The van der Waals surface area contributed by atoms with Gasteiger partial charge in [0.1, 0.15) is 12.1 Å². The fourth-order valence-corrected chi connectivity index (χ4v) is 2.28. The van der Waals surface area contributed by atoms with Crippen molar-refractivity contribution in [2.24, 2.45) is 0 Å². The SMILES string of the molecule is Clc1cncc(Nc2ncnc3ccc(Br)cc23)c1. The van der Waals surface area contributed by atoms with E-state index in [1.165, 1.54) is 6.33 Å². The Balaban J connectivity index is 2.07. The van der Waals surface area contributed by atoms with E-state index in [0.717, 1.165) is 26.9 Å². The maximum atomic E-state index is 5.91. The van der Waals surface area contributed by atoms with Gasteiger partial charge in [0.15, 0.2) is 0 Å². The number of aromatic nitrogens is 3. The van der Waals surface area contributed by atoms with Crippen molar-refractivity contribution in [3.63, 3.8) is 0 Å². The maximum Gasteiger partial charge on any atom is 0.141 e. The van der Waals surface area contributed by atoms with Gasteiger partial charge in [-0.3, -0.25) is 4.98 Å². The Bertz CT molecular complexity index is 748. The van der Waals surface area contributed by atoms with Crippen LogP contribution in [0.3, 0.4) is 0 Å². The molecule has 0 aliphatic carbocycles. The minimum atomic E-state index is 0.574. The quantitative estimate of drug-likeness (QED) is 0.763. The minimum Gasteiger partial charge on any atom is -0.338 e. The first-order valence-electron chi connectivity index (χ1n) is 5.50. The van der Waals surface area contributed by atoms with Crippen molar-refractivity contribution in [3.05, 3.63) is 52.5 Å². The number of hydrogen-bond acceptors (Lipinski definition) is 4. The normalized spacial score (nSPS) is 10.6. The van der Waals surface area contributed by atoms with Gasteiger partial charge in [0.2, 0.25) is 0 Å². The summed E-state index contributed by atoms with van der Waals surface area (Å²) in [5.74, 6) is 0.718. The van der Waals surface area contributed by atoms with E-state index < -0.39 is 0 Å². The highest BCUT2D eigenvalue weighted by atomic mass is 79.9. The molecule has 0 fully saturated rings. The molecular weight excluding hydrogens is 328 g/mol. The van der Waals surface area contributed by atoms with E-state index in [1.807, 2.05) is 18.2 Å². The zero-order valence-corrected chi connectivity index (χ0v) is 12.0. The van der Waals surface area contributed by atoms with E-state index in [2.05, 4.69) is 36.2 Å². The van der Waals surface area contributed by atoms with Crippen LogP contribution in [0.1, 0.15) is 0 Å². The second kappa shape index (κ2) is 5.11. The van der Waals surface area contributed by atoms with E-state index in [9.17, 15) is 0 Å². The average molecular weight is 336 g/mol. The molecule has 2 heterocycles. The summed E-state index contributed by atoms with van der Waals surface area (Å²) >= 11 is 9.36. The van der Waals surface area contributed by atoms with E-state index >= 15 is 0 Å². The number of pyridine rings is 1. The molecular formula is C13H8BrClN4. The predicted octanol–water partition coefficient (Wildman–Crippen LogP) is 4.18. The first-order chi connectivity index (χ1) is 9.22. The third-order valence-corrected chi connectivity index (χ3v) is 3.26. The third-order valence-electron chi connectivity index (χ3n) is 2.56. The van der Waals surface area contributed by atoms with E-state index in [4.69, 9.17) is 11.6 Å². The van der Waals surface area contributed by atoms with Crippen molar-refractivity contribution >= 4 is 49.9 Å². The van der Waals surface area contributed by atoms with Crippen molar-refractivity contribution in [2.45, 2.75) is 0 Å². The number of rotatable bonds is 2. The second-order valence-corrected chi connectivity index (χ2v) is 5.25. The van der Waals surface area contributed by atoms with Crippen LogP contribution in [0, 0.1) is 0 Å². The maximum absolute atomic E-state index is 5.91. The highest BCUT2D eigenvalue weighted by Crippen LogP contribution is 2.26. The summed E-state index contributed by atoms with van der Waals surface area (Å²) in [6, 6.07) is 7.64. The van der Waals surface area contributed by atoms with Crippen molar-refractivity contribution in [1.29, 1.82) is 0 Å². The van der Waals surface area contributed by atoms with Gasteiger partial charge in [-0.25, -0.2) is 9.97 Å². The highest BCUT2D eigenvalue weighted by molar-refractivity contribution is 9.10. The van der Waals surface area contributed by atoms with Gasteiger partial charge >= 0.3 is 0 Å². The van der Waals surface area contributed by atoms with Gasteiger partial charge in [0.05, 0.1) is 22.4 Å². The molecule has 4 nitrogen and oxygen atoms in total. The molecule has 0 atom stereocenters. The lowest BCUT2D eigenvalue weighted by atomic mass is 10.2. The summed E-state index contributed by atoms with van der Waals surface area (Å²) in [6.07, 6.45) is 4.80. The third kappa shape index (κ3) is 2.67. The summed E-state index contributed by atoms with van der Waals surface area (Å²) in [5, 5.41) is 4.70. The van der Waals surface area contributed by atoms with Crippen LogP contribution < -0.4 is 5.32 Å². The molecule has 94 valence electrons. The van der Waals surface area contributed by atoms with Crippen molar-refractivity contribution in [2.75, 3.05) is 5.32 Å². The number of nitrogens with one attached hydrogen (secondary N) is 1. The highest BCUT2D eigenvalue weighted by Gasteiger charge is 2.05. The largest absolute Gasteiger partial charge is 0.338 e. The predicted molar refractivity (Wildman–Crippen MR) is 79.8 cm³/mol. The van der Waals surface area contributed by atoms with Crippen LogP contribution in [0.2, 0.25) is 5.02 Å². The van der Waals surface area contributed by atoms with Gasteiger partial charge in [-0.15, -0.1) is 0 Å². The summed E-state index contributed by atoms with van der Waals surface area (Å²) in [4.78, 5) is 12.5. The minimum absolute atomic E-state index is 0.574. The molecule has 0 saturated carbocycles. The molecule has 1 N–H and O–H groups in total. The van der Waals surface area contributed by atoms with Crippen LogP contribution in [0.15, 0.2) is 47.5 Å². The van der Waals surface area contributed by atoms with E-state index in [0.29, 0.717) is 5.02 Å². The van der Waals surface area contributed by atoms with Crippen LogP contribution in [-0.4, -0.2) is 15.0 Å². The molecule has 0 aliphatic heterocycles. The van der Waals surface area contributed by atoms with Crippen molar-refractivity contribution in [3.8, 4) is 0 Å². The van der Waals surface area contributed by atoms with Gasteiger partial charge in [0.25, 0.3) is 0 Å². The Morgan fingerprint density at radius 3 is 2.84 bits per heavy atom. The first-order valence-corrected chi connectivity index (χ1v) is 6.67. The lowest BCUT2D eigenvalue weighted by molar-refractivity contribution is 1.21. The molecule has 2 aromatic heterocycles. The van der Waals surface area contributed by atoms with Crippen LogP contribution in [0.5, 0.6) is 0 Å². The molecule has 0 bridgehead atoms. The lowest BCUT2D eigenvalue weighted by Gasteiger charge is -2.08. The Morgan fingerprint density at radius 1 is 1.11 bits per heavy atom. The molecule has 3 aromatic rings. The van der Waals surface area contributed by atoms with Gasteiger partial charge in [-0.2, -0.15) is 0 Å². The molecule has 0 saturated heterocycles. The summed E-state index contributed by atoms with van der Waals surface area (Å²) in [5.41, 5.74) is 1.66. The standard InChI is InChI=1S/C13H8BrClN4/c14-8-1-2-12-11(3-8)13(18-7-17-12)19-10-4-9(15)5-16-6-10/h1-7H,(H,17,18,19). The Hall–Kier alpha value is -1.72.